The van der Waals surface area contributed by atoms with E-state index in [1.54, 1.807) is 72.8 Å². The molecule has 0 unspecified atom stereocenters. The zero-order chi connectivity index (χ0) is 69.0. The molecule has 0 radical (unpaired) electrons. The Bertz CT molecular complexity index is 3910. The van der Waals surface area contributed by atoms with Crippen LogP contribution in [0.3, 0.4) is 0 Å². The van der Waals surface area contributed by atoms with Gasteiger partial charge in [-0.15, -0.1) is 0 Å². The van der Waals surface area contributed by atoms with Gasteiger partial charge in [0.15, 0.2) is 0 Å². The molecular weight excluding hydrogens is 1500 g/mol. The summed E-state index contributed by atoms with van der Waals surface area (Å²) < 4.78 is 114. The second-order valence-corrected chi connectivity index (χ2v) is 26.7. The first kappa shape index (κ1) is 73.5. The van der Waals surface area contributed by atoms with Gasteiger partial charge in [-0.3, -0.25) is 0 Å². The van der Waals surface area contributed by atoms with Gasteiger partial charge in [0.1, 0.15) is 69.0 Å². The van der Waals surface area contributed by atoms with E-state index in [-0.39, 0.29) is 66.6 Å². The molecule has 0 heterocycles. The van der Waals surface area contributed by atoms with Crippen molar-refractivity contribution in [1.29, 1.82) is 0 Å². The molecule has 0 saturated carbocycles. The quantitative estimate of drug-likeness (QED) is 0.0574. The number of phenolic OH excluding ortho intramolecular Hbond substituents is 10. The molecule has 93 heavy (non-hydrogen) atoms. The fourth-order valence-electron chi connectivity index (χ4n) is 8.90. The number of rotatable bonds is 10. The molecule has 0 bridgehead atoms. The van der Waals surface area contributed by atoms with Crippen molar-refractivity contribution in [1.82, 2.24) is 0 Å². The van der Waals surface area contributed by atoms with Crippen LogP contribution < -0.4 is 4.74 Å². The number of benzene rings is 10. The van der Waals surface area contributed by atoms with Crippen LogP contribution in [-0.4, -0.2) is 71.8 Å². The first-order valence-electron chi connectivity index (χ1n) is 27.2. The van der Waals surface area contributed by atoms with E-state index in [1.165, 1.54) is 48.5 Å². The molecule has 24 heteroatoms. The molecular formula is C69H58Br4F6O13S. The van der Waals surface area contributed by atoms with E-state index < -0.39 is 50.2 Å². The van der Waals surface area contributed by atoms with Gasteiger partial charge in [0.05, 0.1) is 27.7 Å². The lowest BCUT2D eigenvalue weighted by atomic mass is 9.73. The van der Waals surface area contributed by atoms with Gasteiger partial charge in [0.25, 0.3) is 0 Å². The summed E-state index contributed by atoms with van der Waals surface area (Å²) in [5.74, 6) is 1.69. The number of halogens is 10. The Labute approximate surface area is 564 Å². The Morgan fingerprint density at radius 1 is 0.301 bits per heavy atom. The molecule has 0 amide bonds. The van der Waals surface area contributed by atoms with Crippen molar-refractivity contribution >= 4 is 73.6 Å². The molecule has 10 rings (SSSR count). The highest BCUT2D eigenvalue weighted by atomic mass is 79.9. The van der Waals surface area contributed by atoms with Crippen LogP contribution in [0.5, 0.6) is 69.0 Å². The number of hydrogen-bond acceptors (Lipinski definition) is 13. The lowest BCUT2D eigenvalue weighted by Crippen LogP contribution is -2.54. The van der Waals surface area contributed by atoms with Crippen molar-refractivity contribution in [2.24, 2.45) is 0 Å². The minimum absolute atomic E-state index is 0.00894. The Hall–Kier alpha value is -8.55. The summed E-state index contributed by atoms with van der Waals surface area (Å²) in [7, 11) is -3.59. The lowest BCUT2D eigenvalue weighted by molar-refractivity contribution is -0.288. The molecule has 10 aromatic carbocycles. The van der Waals surface area contributed by atoms with E-state index in [0.717, 1.165) is 46.5 Å². The van der Waals surface area contributed by atoms with Gasteiger partial charge in [-0.25, -0.2) is 8.42 Å². The van der Waals surface area contributed by atoms with Gasteiger partial charge in [-0.2, -0.15) is 26.3 Å². The maximum Gasteiger partial charge on any atom is 0.411 e. The van der Waals surface area contributed by atoms with Gasteiger partial charge < -0.3 is 55.8 Å². The molecule has 488 valence electrons. The van der Waals surface area contributed by atoms with Gasteiger partial charge in [-0.05, 0) is 267 Å². The summed E-state index contributed by atoms with van der Waals surface area (Å²) in [6, 6.07) is 50.8. The van der Waals surface area contributed by atoms with E-state index in [4.69, 9.17) is 35.4 Å². The molecule has 0 atom stereocenters. The molecule has 0 spiro atoms. The zero-order valence-electron chi connectivity index (χ0n) is 49.2. The number of aromatic hydroxyl groups is 10. The van der Waals surface area contributed by atoms with Crippen molar-refractivity contribution in [3.05, 3.63) is 270 Å². The predicted molar refractivity (Wildman–Crippen MR) is 355 cm³/mol. The molecule has 0 fully saturated rings. The summed E-state index contributed by atoms with van der Waals surface area (Å²) in [5, 5.41) is 92.9. The lowest BCUT2D eigenvalue weighted by Gasteiger charge is -2.38. The second-order valence-electron chi connectivity index (χ2n) is 21.3. The zero-order valence-corrected chi connectivity index (χ0v) is 56.3. The molecule has 0 saturated heterocycles. The normalized spacial score (nSPS) is 11.6. The standard InChI is InChI=1S/C15H12Br4O2.C15H10F6O2.C15H16O2.C12H10O4S.C12H10O3/c1-15(2,7-3-9(16)13(20)10(17)4-7)8-5-11(18)14(21)12(19)6-8;16-14(17,18)13(15(19,20)21,9-1-5-11(22)6-2-9)10-3-7-12(23)8-4-10;1-15(2,11-3-7-13(16)8-4-11)12-5-9-14(17)10-6-12;13-9-1-5-11(6-2-9)17(15,16)12-7-3-10(14)4-8-12;13-9-1-5-11(6-2-9)15-12-7-3-10(14)4-8-12/h3-6,20-21H,1-2H3;1-8,22-23H;3-10,16-17H,1-2H3;1-8,13-14H;1-8,13-14H. The van der Waals surface area contributed by atoms with Crippen molar-refractivity contribution in [3.63, 3.8) is 0 Å². The average molecular weight is 1560 g/mol. The van der Waals surface area contributed by atoms with Gasteiger partial charge in [0, 0.05) is 10.8 Å². The minimum atomic E-state index is -5.70. The number of ether oxygens (including phenoxy) is 1. The number of phenols is 10. The largest absolute Gasteiger partial charge is 0.508 e. The molecule has 0 aromatic heterocycles. The first-order chi connectivity index (χ1) is 43.4. The third-order valence-electron chi connectivity index (χ3n) is 14.3. The van der Waals surface area contributed by atoms with Crippen LogP contribution >= 0.6 is 63.7 Å². The van der Waals surface area contributed by atoms with E-state index >= 15 is 0 Å². The summed E-state index contributed by atoms with van der Waals surface area (Å²) in [4.78, 5) is 0.196. The predicted octanol–water partition coefficient (Wildman–Crippen LogP) is 19.2. The van der Waals surface area contributed by atoms with Crippen LogP contribution in [0.15, 0.2) is 246 Å². The Morgan fingerprint density at radius 3 is 0.720 bits per heavy atom. The third kappa shape index (κ3) is 18.4. The number of alkyl halides is 6. The molecule has 0 aliphatic rings. The van der Waals surface area contributed by atoms with Crippen molar-refractivity contribution in [2.75, 3.05) is 0 Å². The van der Waals surface area contributed by atoms with E-state index in [1.807, 2.05) is 48.5 Å². The van der Waals surface area contributed by atoms with Crippen molar-refractivity contribution < 1.29 is 90.6 Å². The van der Waals surface area contributed by atoms with Crippen LogP contribution in [0.1, 0.15) is 61.1 Å². The van der Waals surface area contributed by atoms with Crippen molar-refractivity contribution in [3.8, 4) is 69.0 Å². The van der Waals surface area contributed by atoms with Crippen LogP contribution in [-0.2, 0) is 26.1 Å². The summed E-state index contributed by atoms with van der Waals surface area (Å²) in [6.07, 6.45) is -11.4. The topological polar surface area (TPSA) is 246 Å². The number of sulfone groups is 1. The van der Waals surface area contributed by atoms with Crippen LogP contribution in [0, 0.1) is 0 Å². The van der Waals surface area contributed by atoms with Crippen LogP contribution in [0.25, 0.3) is 0 Å². The smallest absolute Gasteiger partial charge is 0.411 e. The second kappa shape index (κ2) is 30.5. The Balaban J connectivity index is 0.000000186. The highest BCUT2D eigenvalue weighted by molar-refractivity contribution is 9.11. The van der Waals surface area contributed by atoms with Gasteiger partial charge >= 0.3 is 12.4 Å². The van der Waals surface area contributed by atoms with E-state index in [2.05, 4.69) is 91.4 Å². The average Bonchev–Trinajstić information content (AvgIpc) is 0.720. The Morgan fingerprint density at radius 2 is 0.495 bits per heavy atom. The Kier molecular flexibility index (Phi) is 24.1. The summed E-state index contributed by atoms with van der Waals surface area (Å²) in [6.45, 7) is 8.41. The molecule has 10 aromatic rings. The highest BCUT2D eigenvalue weighted by Gasteiger charge is 2.72. The molecule has 13 nitrogen and oxygen atoms in total. The van der Waals surface area contributed by atoms with Crippen molar-refractivity contribution in [2.45, 2.75) is 66.1 Å². The SMILES string of the molecule is CC(C)(c1cc(Br)c(O)c(Br)c1)c1cc(Br)c(O)c(Br)c1.CC(C)(c1ccc(O)cc1)c1ccc(O)cc1.O=S(=O)(c1ccc(O)cc1)c1ccc(O)cc1.Oc1ccc(C(c2ccc(O)cc2)(C(F)(F)F)C(F)(F)F)cc1.Oc1ccc(Oc2ccc(O)cc2)cc1. The minimum Gasteiger partial charge on any atom is -0.508 e. The fraction of sp³-hybridized carbons (Fsp3) is 0.130. The first-order valence-corrected chi connectivity index (χ1v) is 31.8. The molecule has 0 aliphatic carbocycles. The highest BCUT2D eigenvalue weighted by Crippen LogP contribution is 2.56. The van der Waals surface area contributed by atoms with E-state index in [0.29, 0.717) is 53.7 Å². The summed E-state index contributed by atoms with van der Waals surface area (Å²) in [5.41, 5.74) is -2.59. The number of hydrogen-bond donors (Lipinski definition) is 10. The monoisotopic (exact) mass is 1560 g/mol. The summed E-state index contributed by atoms with van der Waals surface area (Å²) >= 11 is 13.5. The third-order valence-corrected chi connectivity index (χ3v) is 18.5. The van der Waals surface area contributed by atoms with Crippen LogP contribution in [0.2, 0.25) is 0 Å². The molecule has 10 N–H and O–H groups in total. The molecule has 0 aliphatic heterocycles. The fourth-order valence-corrected chi connectivity index (χ4v) is 12.5. The van der Waals surface area contributed by atoms with Gasteiger partial charge in [-0.1, -0.05) is 76.2 Å². The van der Waals surface area contributed by atoms with Gasteiger partial charge in [0.2, 0.25) is 15.3 Å². The van der Waals surface area contributed by atoms with E-state index in [9.17, 15) is 55.2 Å². The van der Waals surface area contributed by atoms with Crippen LogP contribution in [0.4, 0.5) is 26.3 Å². The maximum atomic E-state index is 13.6. The maximum absolute atomic E-state index is 13.6.